The van der Waals surface area contributed by atoms with Crippen molar-refractivity contribution in [2.45, 2.75) is 31.3 Å². The lowest BCUT2D eigenvalue weighted by molar-refractivity contribution is 0.0696. The van der Waals surface area contributed by atoms with Crippen LogP contribution in [0, 0.1) is 5.82 Å². The molecule has 1 saturated heterocycles. The topological polar surface area (TPSA) is 89.3 Å². The molecule has 0 aliphatic carbocycles. The molecule has 1 amide bonds. The van der Waals surface area contributed by atoms with Crippen molar-refractivity contribution in [1.82, 2.24) is 15.5 Å². The number of hydrogen-bond donors (Lipinski definition) is 2. The number of nitrogens with zero attached hydrogens (tertiary/aromatic N) is 2. The van der Waals surface area contributed by atoms with E-state index in [2.05, 4.69) is 20.8 Å². The van der Waals surface area contributed by atoms with Crippen molar-refractivity contribution < 1.29 is 18.4 Å². The Hall–Kier alpha value is -3.26. The van der Waals surface area contributed by atoms with E-state index in [1.807, 2.05) is 6.92 Å². The Bertz CT molecular complexity index is 988. The van der Waals surface area contributed by atoms with Gasteiger partial charge in [-0.25, -0.2) is 9.37 Å². The molecule has 1 fully saturated rings. The van der Waals surface area contributed by atoms with E-state index in [-0.39, 0.29) is 17.8 Å². The molecule has 1 aromatic carbocycles. The van der Waals surface area contributed by atoms with Crippen molar-refractivity contribution in [3.8, 4) is 0 Å². The molecule has 1 atom stereocenters. The molecule has 8 heteroatoms. The highest BCUT2D eigenvalue weighted by atomic mass is 19.1. The Morgan fingerprint density at radius 1 is 1.17 bits per heavy atom. The molecule has 0 radical (unpaired) electrons. The molecule has 3 heterocycles. The monoisotopic (exact) mass is 410 g/mol. The number of ether oxygens (including phenoxy) is 1. The lowest BCUT2D eigenvalue weighted by atomic mass is 9.86. The number of carbonyl (C=O) groups excluding carboxylic acids is 1. The van der Waals surface area contributed by atoms with Crippen LogP contribution in [0.4, 0.5) is 10.2 Å². The van der Waals surface area contributed by atoms with Crippen LogP contribution in [0.3, 0.4) is 0 Å². The third kappa shape index (κ3) is 4.18. The molecule has 0 bridgehead atoms. The number of hydrogen-bond acceptors (Lipinski definition) is 6. The fourth-order valence-electron chi connectivity index (χ4n) is 3.58. The van der Waals surface area contributed by atoms with E-state index in [1.165, 1.54) is 24.7 Å². The molecule has 2 N–H and O–H groups in total. The van der Waals surface area contributed by atoms with Crippen LogP contribution < -0.4 is 10.6 Å². The quantitative estimate of drug-likeness (QED) is 0.647. The maximum atomic E-state index is 14.6. The molecule has 30 heavy (non-hydrogen) atoms. The summed E-state index contributed by atoms with van der Waals surface area (Å²) < 4.78 is 24.9. The van der Waals surface area contributed by atoms with Gasteiger partial charge in [-0.15, -0.1) is 0 Å². The summed E-state index contributed by atoms with van der Waals surface area (Å²) in [6.45, 7) is 3.14. The minimum absolute atomic E-state index is 0.113. The van der Waals surface area contributed by atoms with Crippen molar-refractivity contribution >= 4 is 11.7 Å². The Morgan fingerprint density at radius 2 is 1.97 bits per heavy atom. The van der Waals surface area contributed by atoms with Gasteiger partial charge in [0.05, 0.1) is 17.3 Å². The molecule has 3 aromatic rings. The van der Waals surface area contributed by atoms with Gasteiger partial charge in [0.15, 0.2) is 0 Å². The number of nitrogens with one attached hydrogen (secondary N) is 2. The first kappa shape index (κ1) is 20.0. The average Bonchev–Trinajstić information content (AvgIpc) is 3.31. The van der Waals surface area contributed by atoms with Gasteiger partial charge in [0, 0.05) is 36.6 Å². The van der Waals surface area contributed by atoms with Crippen molar-refractivity contribution in [3.05, 3.63) is 77.6 Å². The summed E-state index contributed by atoms with van der Waals surface area (Å²) in [5, 5.41) is 10.0. The third-order valence-electron chi connectivity index (χ3n) is 5.38. The fraction of sp³-hybridized carbons (Fsp3) is 0.318. The van der Waals surface area contributed by atoms with E-state index in [4.69, 9.17) is 9.26 Å². The molecule has 0 saturated carbocycles. The second-order valence-electron chi connectivity index (χ2n) is 7.44. The highest BCUT2D eigenvalue weighted by Crippen LogP contribution is 2.34. The maximum absolute atomic E-state index is 14.6. The lowest BCUT2D eigenvalue weighted by Crippen LogP contribution is -2.39. The van der Waals surface area contributed by atoms with Crippen LogP contribution in [0.15, 0.2) is 59.6 Å². The number of rotatable bonds is 6. The minimum atomic E-state index is -0.968. The molecule has 1 aliphatic rings. The highest BCUT2D eigenvalue weighted by Gasteiger charge is 2.33. The molecule has 1 unspecified atom stereocenters. The van der Waals surface area contributed by atoms with Crippen LogP contribution in [0.5, 0.6) is 0 Å². The predicted molar refractivity (Wildman–Crippen MR) is 109 cm³/mol. The SMILES string of the molecule is CC(Nc1ccc(C(=O)NC2CCOCC2)cn1)(c1cnoc1)c1ccccc1F. The summed E-state index contributed by atoms with van der Waals surface area (Å²) in [4.78, 5) is 16.9. The van der Waals surface area contributed by atoms with E-state index in [1.54, 1.807) is 30.3 Å². The number of aromatic nitrogens is 2. The zero-order chi connectivity index (χ0) is 21.0. The largest absolute Gasteiger partial charge is 0.381 e. The Balaban J connectivity index is 1.54. The molecule has 1 aliphatic heterocycles. The standard InChI is InChI=1S/C22H23FN4O3/c1-22(16-13-25-30-14-16,18-4-2-3-5-19(18)23)27-20-7-6-15(12-24-20)21(28)26-17-8-10-29-11-9-17/h2-7,12-14,17H,8-11H2,1H3,(H,24,27)(H,26,28). The van der Waals surface area contributed by atoms with Gasteiger partial charge in [-0.05, 0) is 38.0 Å². The van der Waals surface area contributed by atoms with Crippen LogP contribution in [0.25, 0.3) is 0 Å². The molecular formula is C22H23FN4O3. The van der Waals surface area contributed by atoms with Gasteiger partial charge in [0.25, 0.3) is 5.91 Å². The number of anilines is 1. The number of benzene rings is 1. The van der Waals surface area contributed by atoms with Gasteiger partial charge in [0.2, 0.25) is 0 Å². The summed E-state index contributed by atoms with van der Waals surface area (Å²) in [5.41, 5.74) is 0.571. The van der Waals surface area contributed by atoms with Crippen LogP contribution in [0.1, 0.15) is 41.3 Å². The van der Waals surface area contributed by atoms with Crippen LogP contribution in [0.2, 0.25) is 0 Å². The molecule has 156 valence electrons. The minimum Gasteiger partial charge on any atom is -0.381 e. The summed E-state index contributed by atoms with van der Waals surface area (Å²) in [7, 11) is 0. The van der Waals surface area contributed by atoms with Gasteiger partial charge in [-0.1, -0.05) is 23.4 Å². The van der Waals surface area contributed by atoms with Gasteiger partial charge in [0.1, 0.15) is 17.9 Å². The molecule has 7 nitrogen and oxygen atoms in total. The number of carbonyl (C=O) groups is 1. The van der Waals surface area contributed by atoms with Crippen molar-refractivity contribution in [3.63, 3.8) is 0 Å². The maximum Gasteiger partial charge on any atom is 0.253 e. The third-order valence-corrected chi connectivity index (χ3v) is 5.38. The Labute approximate surface area is 173 Å². The summed E-state index contributed by atoms with van der Waals surface area (Å²) >= 11 is 0. The fourth-order valence-corrected chi connectivity index (χ4v) is 3.58. The smallest absolute Gasteiger partial charge is 0.253 e. The zero-order valence-corrected chi connectivity index (χ0v) is 16.6. The molecule has 4 rings (SSSR count). The van der Waals surface area contributed by atoms with Crippen LogP contribution in [-0.2, 0) is 10.3 Å². The van der Waals surface area contributed by atoms with Crippen LogP contribution >= 0.6 is 0 Å². The highest BCUT2D eigenvalue weighted by molar-refractivity contribution is 5.94. The van der Waals surface area contributed by atoms with Gasteiger partial charge in [-0.2, -0.15) is 0 Å². The van der Waals surface area contributed by atoms with Crippen LogP contribution in [-0.4, -0.2) is 35.3 Å². The van der Waals surface area contributed by atoms with Crippen molar-refractivity contribution in [2.24, 2.45) is 0 Å². The summed E-state index contributed by atoms with van der Waals surface area (Å²) in [6.07, 6.45) is 6.12. The Kier molecular flexibility index (Phi) is 5.76. The number of halogens is 1. The Morgan fingerprint density at radius 3 is 2.63 bits per heavy atom. The van der Waals surface area contributed by atoms with Gasteiger partial charge < -0.3 is 19.9 Å². The zero-order valence-electron chi connectivity index (χ0n) is 16.6. The van der Waals surface area contributed by atoms with Crippen molar-refractivity contribution in [2.75, 3.05) is 18.5 Å². The number of amides is 1. The van der Waals surface area contributed by atoms with E-state index in [0.717, 1.165) is 12.8 Å². The average molecular weight is 410 g/mol. The number of pyridine rings is 1. The van der Waals surface area contributed by atoms with Crippen molar-refractivity contribution in [1.29, 1.82) is 0 Å². The molecular weight excluding hydrogens is 387 g/mol. The van der Waals surface area contributed by atoms with E-state index >= 15 is 0 Å². The van der Waals surface area contributed by atoms with Gasteiger partial charge in [-0.3, -0.25) is 4.79 Å². The molecule has 0 spiro atoms. The lowest BCUT2D eigenvalue weighted by Gasteiger charge is -2.31. The first-order chi connectivity index (χ1) is 14.6. The molecule has 2 aromatic heterocycles. The van der Waals surface area contributed by atoms with Gasteiger partial charge >= 0.3 is 0 Å². The predicted octanol–water partition coefficient (Wildman–Crippen LogP) is 3.49. The summed E-state index contributed by atoms with van der Waals surface area (Å²) in [6, 6.07) is 10.0. The second-order valence-corrected chi connectivity index (χ2v) is 7.44. The van der Waals surface area contributed by atoms with E-state index in [0.29, 0.717) is 35.7 Å². The first-order valence-electron chi connectivity index (χ1n) is 9.84. The second kappa shape index (κ2) is 8.62. The normalized spacial score (nSPS) is 16.6. The van der Waals surface area contributed by atoms with E-state index < -0.39 is 5.54 Å². The van der Waals surface area contributed by atoms with E-state index in [9.17, 15) is 9.18 Å². The summed E-state index contributed by atoms with van der Waals surface area (Å²) in [5.74, 6) is -0.0393. The first-order valence-corrected chi connectivity index (χ1v) is 9.84.